The molecular formula is C54H77ClN12O25. The van der Waals surface area contributed by atoms with E-state index in [4.69, 9.17) is 46.8 Å². The first kappa shape index (κ1) is 71.0. The molecule has 2 aromatic carbocycles. The van der Waals surface area contributed by atoms with Gasteiger partial charge in [0.05, 0.1) is 58.1 Å². The monoisotopic (exact) mass is 1330 g/mol. The van der Waals surface area contributed by atoms with Gasteiger partial charge in [0.15, 0.2) is 24.4 Å². The molecule has 0 aromatic heterocycles. The summed E-state index contributed by atoms with van der Waals surface area (Å²) in [7, 11) is 0. The number of nitrogens with one attached hydrogen (secondary N) is 7. The summed E-state index contributed by atoms with van der Waals surface area (Å²) in [6.45, 7) is -3.93. The van der Waals surface area contributed by atoms with Gasteiger partial charge in [-0.3, -0.25) is 38.8 Å². The van der Waals surface area contributed by atoms with E-state index < -0.39 is 234 Å². The smallest absolute Gasteiger partial charge is 0.246 e. The number of guanidine groups is 2. The van der Waals surface area contributed by atoms with Crippen LogP contribution in [0.2, 0.25) is 5.02 Å². The Kier molecular flexibility index (Phi) is 23.9. The number of nitrogens with two attached hydrogens (primary N) is 2. The number of nitrogens with zero attached hydrogens (tertiary/aromatic N) is 3. The van der Waals surface area contributed by atoms with Crippen molar-refractivity contribution in [2.75, 3.05) is 46.1 Å². The van der Waals surface area contributed by atoms with E-state index in [2.05, 4.69) is 47.2 Å². The molecule has 6 heterocycles. The number of benzene rings is 2. The number of aliphatic hydroxyl groups is 14. The van der Waals surface area contributed by atoms with Crippen LogP contribution in [0.25, 0.3) is 0 Å². The molecule has 2 aromatic rings. The minimum atomic E-state index is -2.35. The largest absolute Gasteiger partial charge is 0.462 e. The molecule has 24 atom stereocenters. The lowest BCUT2D eigenvalue weighted by Crippen LogP contribution is -2.70. The lowest BCUT2D eigenvalue weighted by Gasteiger charge is -2.46. The van der Waals surface area contributed by atoms with Crippen LogP contribution in [0.3, 0.4) is 0 Å². The van der Waals surface area contributed by atoms with Gasteiger partial charge in [-0.15, -0.1) is 0 Å². The molecule has 37 nitrogen and oxygen atoms in total. The number of halogens is 1. The Morgan fingerprint density at radius 3 is 1.80 bits per heavy atom. The van der Waals surface area contributed by atoms with Crippen molar-refractivity contribution in [1.82, 2.24) is 42.1 Å². The predicted octanol–water partition coefficient (Wildman–Crippen LogP) is -13.2. The third-order valence-corrected chi connectivity index (χ3v) is 16.7. The molecule has 6 amide bonds. The maximum atomic E-state index is 15.1. The van der Waals surface area contributed by atoms with Crippen LogP contribution in [0, 0.1) is 6.92 Å². The number of aliphatic hydroxyl groups excluding tert-OH is 14. The highest BCUT2D eigenvalue weighted by Crippen LogP contribution is 2.32. The lowest BCUT2D eigenvalue weighted by atomic mass is 9.95. The fraction of sp³-hybridized carbons (Fsp3) is 0.630. The summed E-state index contributed by atoms with van der Waals surface area (Å²) in [5.74, 6) is -8.21. The second-order valence-electron chi connectivity index (χ2n) is 22.7. The van der Waals surface area contributed by atoms with Gasteiger partial charge in [0.25, 0.3) is 0 Å². The van der Waals surface area contributed by atoms with Crippen LogP contribution in [-0.2, 0) is 60.6 Å². The zero-order valence-electron chi connectivity index (χ0n) is 48.9. The zero-order valence-corrected chi connectivity index (χ0v) is 49.6. The molecule has 510 valence electrons. The van der Waals surface area contributed by atoms with Crippen molar-refractivity contribution in [3.05, 3.63) is 64.2 Å². The summed E-state index contributed by atoms with van der Waals surface area (Å²) in [6.07, 6.45) is -32.1. The molecule has 4 unspecified atom stereocenters. The van der Waals surface area contributed by atoms with E-state index in [-0.39, 0.29) is 30.2 Å². The molecule has 8 rings (SSSR count). The van der Waals surface area contributed by atoms with E-state index in [1.54, 1.807) is 19.1 Å². The molecule has 25 N–H and O–H groups in total. The fourth-order valence-electron chi connectivity index (χ4n) is 11.2. The van der Waals surface area contributed by atoms with Gasteiger partial charge >= 0.3 is 0 Å². The summed E-state index contributed by atoms with van der Waals surface area (Å²) in [4.78, 5) is 95.9. The average Bonchev–Trinajstić information content (AvgIpc) is 1.42. The van der Waals surface area contributed by atoms with Crippen LogP contribution < -0.4 is 53.4 Å². The van der Waals surface area contributed by atoms with Gasteiger partial charge in [0.2, 0.25) is 41.7 Å². The van der Waals surface area contributed by atoms with Crippen LogP contribution >= 0.6 is 11.6 Å². The van der Waals surface area contributed by atoms with E-state index in [1.165, 1.54) is 30.3 Å². The standard InChI is InChI=1S/C54H77ClN12O25/c1-18-8-21(55)5-4-20(18)10-24-46(84)62-23(9-19-2-6-22(7-3-19)88-51-43(82)40(79)44(30(17-71)91-51)92-52-42(81)39(78)37(76)29(16-70)90-52)47(85)65-32(34(73)25-11-59-53(56)64-25)49(87)66-33(48(86)63-26(14-68)45(83)58-13-31(72)61-24)35(74)27-12-60-54(57)67(27)50-41(80)38(77)36(75)28(15-69)89-50/h2-8,23-30,32-44,50-52,68-71,73-82H,9-17H2,1H3,(H2,57,60)(H,58,83)(H,61,72)(H,62,84)(H,63,86)(H,65,85)(H,66,87)(H3,56,59,64)/t23-,24+,25?,26+,27?,28-,29-,30-,32+,33-,34?,35?,36-,37-,38+,39+,40-,41+,42+,43+,44-,50+,51+,52-/m1/s1. The van der Waals surface area contributed by atoms with Crippen molar-refractivity contribution >= 4 is 59.0 Å². The Morgan fingerprint density at radius 1 is 0.598 bits per heavy atom. The number of carbonyl (C=O) groups excluding carboxylic acids is 6. The van der Waals surface area contributed by atoms with Gasteiger partial charge in [-0.2, -0.15) is 0 Å². The number of hydrogen-bond donors (Lipinski definition) is 23. The predicted molar refractivity (Wildman–Crippen MR) is 308 cm³/mol. The van der Waals surface area contributed by atoms with Crippen LogP contribution in [0.1, 0.15) is 16.7 Å². The summed E-state index contributed by atoms with van der Waals surface area (Å²) < 4.78 is 28.3. The highest BCUT2D eigenvalue weighted by molar-refractivity contribution is 6.30. The van der Waals surface area contributed by atoms with Crippen molar-refractivity contribution in [1.29, 1.82) is 0 Å². The lowest BCUT2D eigenvalue weighted by molar-refractivity contribution is -0.352. The van der Waals surface area contributed by atoms with Crippen molar-refractivity contribution in [2.24, 2.45) is 21.5 Å². The first-order valence-electron chi connectivity index (χ1n) is 29.0. The third kappa shape index (κ3) is 16.0. The normalized spacial score (nSPS) is 36.9. The molecule has 92 heavy (non-hydrogen) atoms. The minimum Gasteiger partial charge on any atom is -0.462 e. The third-order valence-electron chi connectivity index (χ3n) is 16.5. The molecule has 0 aliphatic carbocycles. The molecule has 0 spiro atoms. The molecule has 0 radical (unpaired) electrons. The number of ether oxygens (including phenoxy) is 5. The Bertz CT molecular complexity index is 2990. The summed E-state index contributed by atoms with van der Waals surface area (Å²) in [5.41, 5.74) is 13.3. The number of amides is 6. The summed E-state index contributed by atoms with van der Waals surface area (Å²) >= 11 is 6.24. The highest BCUT2D eigenvalue weighted by Gasteiger charge is 2.54. The number of carbonyl (C=O) groups is 6. The molecule has 4 fully saturated rings. The molecule has 38 heteroatoms. The molecular weight excluding hydrogens is 1250 g/mol. The molecule has 6 aliphatic rings. The maximum absolute atomic E-state index is 15.1. The van der Waals surface area contributed by atoms with Crippen LogP contribution in [-0.4, -0.2) is 316 Å². The van der Waals surface area contributed by atoms with E-state index in [1.807, 2.05) is 0 Å². The van der Waals surface area contributed by atoms with Crippen molar-refractivity contribution in [2.45, 2.75) is 166 Å². The van der Waals surface area contributed by atoms with Crippen LogP contribution in [0.4, 0.5) is 0 Å². The van der Waals surface area contributed by atoms with Crippen molar-refractivity contribution < 1.29 is 124 Å². The quantitative estimate of drug-likeness (QED) is 0.0699. The second kappa shape index (κ2) is 30.9. The number of aliphatic imine (C=N–C) groups is 2. The minimum absolute atomic E-state index is 0.0824. The topological polar surface area (TPSA) is 596 Å². The van der Waals surface area contributed by atoms with E-state index in [0.717, 1.165) is 4.90 Å². The van der Waals surface area contributed by atoms with Gasteiger partial charge in [-0.05, 0) is 47.9 Å². The van der Waals surface area contributed by atoms with Gasteiger partial charge < -0.3 is 149 Å². The fourth-order valence-corrected chi connectivity index (χ4v) is 11.4. The van der Waals surface area contributed by atoms with Crippen molar-refractivity contribution in [3.8, 4) is 5.75 Å². The Labute approximate surface area is 527 Å². The van der Waals surface area contributed by atoms with Gasteiger partial charge in [0, 0.05) is 17.9 Å². The second-order valence-corrected chi connectivity index (χ2v) is 23.1. The number of aryl methyl sites for hydroxylation is 1. The first-order chi connectivity index (χ1) is 43.7. The summed E-state index contributed by atoms with van der Waals surface area (Å²) in [6, 6.07) is -2.93. The van der Waals surface area contributed by atoms with Gasteiger partial charge in [0.1, 0.15) is 121 Å². The highest BCUT2D eigenvalue weighted by atomic mass is 35.5. The van der Waals surface area contributed by atoms with Crippen LogP contribution in [0.15, 0.2) is 52.4 Å². The van der Waals surface area contributed by atoms with Crippen molar-refractivity contribution in [3.63, 3.8) is 0 Å². The zero-order chi connectivity index (χ0) is 67.2. The Balaban J connectivity index is 1.11. The summed E-state index contributed by atoms with van der Waals surface area (Å²) in [5, 5.41) is 168. The average molecular weight is 1330 g/mol. The molecule has 4 saturated heterocycles. The Morgan fingerprint density at radius 2 is 1.17 bits per heavy atom. The number of hydrogen-bond acceptors (Lipinski definition) is 31. The van der Waals surface area contributed by atoms with E-state index >= 15 is 9.59 Å². The molecule has 0 bridgehead atoms. The Hall–Kier alpha value is -6.83. The SMILES string of the molecule is Cc1cc(Cl)ccc1C[C@@H]1NC(=O)CNC(=O)[C@H](CO)NC(=O)[C@@H](C(O)C2CN=C(N)N2[C@H]2O[C@H](CO)[C@@H](O)[C@H](O)[C@@H]2O)NC(=O)[C@H](C(O)C2CN=C(N)N2)NC(=O)[C@@H](Cc2ccc(O[C@H]3O[C@H](CO)[C@@H](O[C@H]4O[C@H](CO)[C@@H](O)[C@H](O)[C@@H]4O)[C@H](O)[C@@H]3O)cc2)NC1=O. The van der Waals surface area contributed by atoms with Gasteiger partial charge in [-0.25, -0.2) is 0 Å². The molecule has 0 saturated carbocycles. The molecule has 6 aliphatic heterocycles. The van der Waals surface area contributed by atoms with E-state index in [9.17, 15) is 90.7 Å². The number of rotatable bonds is 17. The van der Waals surface area contributed by atoms with Crippen LogP contribution in [0.5, 0.6) is 5.75 Å². The first-order valence-corrected chi connectivity index (χ1v) is 29.4. The van der Waals surface area contributed by atoms with E-state index in [0.29, 0.717) is 16.1 Å². The maximum Gasteiger partial charge on any atom is 0.246 e. The van der Waals surface area contributed by atoms with Gasteiger partial charge in [-0.1, -0.05) is 29.8 Å².